The standard InChI is InChI=1S/C17H19N3O6/c1-3-8-19(9-4-2)15(21)12-26-16(22)11-18-17(23)13-6-5-7-14(10-13)20(24)25/h3-7,10H,1-2,8-9,11-12H2,(H,18,23). The highest BCUT2D eigenvalue weighted by molar-refractivity contribution is 5.96. The van der Waals surface area contributed by atoms with Crippen LogP contribution in [0.2, 0.25) is 0 Å². The Morgan fingerprint density at radius 2 is 1.88 bits per heavy atom. The van der Waals surface area contributed by atoms with Crippen LogP contribution in [0.15, 0.2) is 49.6 Å². The molecule has 0 aromatic heterocycles. The molecular weight excluding hydrogens is 342 g/mol. The molecule has 1 N–H and O–H groups in total. The summed E-state index contributed by atoms with van der Waals surface area (Å²) in [7, 11) is 0. The van der Waals surface area contributed by atoms with Crippen LogP contribution < -0.4 is 5.32 Å². The summed E-state index contributed by atoms with van der Waals surface area (Å²) in [6, 6.07) is 5.07. The van der Waals surface area contributed by atoms with Crippen LogP contribution in [-0.4, -0.2) is 53.8 Å². The number of nitro groups is 1. The van der Waals surface area contributed by atoms with Crippen LogP contribution in [-0.2, 0) is 14.3 Å². The highest BCUT2D eigenvalue weighted by atomic mass is 16.6. The second-order valence-corrected chi connectivity index (χ2v) is 5.03. The average molecular weight is 361 g/mol. The van der Waals surface area contributed by atoms with E-state index in [-0.39, 0.29) is 24.3 Å². The molecule has 0 fully saturated rings. The van der Waals surface area contributed by atoms with Gasteiger partial charge in [0.1, 0.15) is 6.54 Å². The predicted molar refractivity (Wildman–Crippen MR) is 93.4 cm³/mol. The van der Waals surface area contributed by atoms with Crippen molar-refractivity contribution in [2.45, 2.75) is 0 Å². The first-order chi connectivity index (χ1) is 12.4. The number of non-ortho nitro benzene ring substituents is 1. The van der Waals surface area contributed by atoms with Gasteiger partial charge < -0.3 is 15.0 Å². The number of nitrogens with zero attached hydrogens (tertiary/aromatic N) is 2. The predicted octanol–water partition coefficient (Wildman–Crippen LogP) is 1.07. The minimum atomic E-state index is -0.811. The fraction of sp³-hybridized carbons (Fsp3) is 0.235. The van der Waals surface area contributed by atoms with Gasteiger partial charge in [0.05, 0.1) is 4.92 Å². The quantitative estimate of drug-likeness (QED) is 0.288. The summed E-state index contributed by atoms with van der Waals surface area (Å²) in [6.07, 6.45) is 3.06. The molecule has 0 heterocycles. The van der Waals surface area contributed by atoms with E-state index in [0.717, 1.165) is 6.07 Å². The van der Waals surface area contributed by atoms with E-state index in [1.54, 1.807) is 0 Å². The van der Waals surface area contributed by atoms with Crippen molar-refractivity contribution in [2.75, 3.05) is 26.2 Å². The minimum Gasteiger partial charge on any atom is -0.454 e. The first kappa shape index (κ1) is 20.6. The van der Waals surface area contributed by atoms with Crippen molar-refractivity contribution in [1.82, 2.24) is 10.2 Å². The molecule has 1 aromatic rings. The van der Waals surface area contributed by atoms with Gasteiger partial charge in [-0.1, -0.05) is 18.2 Å². The number of nitro benzene ring substituents is 1. The fourth-order valence-electron chi connectivity index (χ4n) is 1.89. The number of carbonyl (C=O) groups is 3. The van der Waals surface area contributed by atoms with Crippen LogP contribution in [0.25, 0.3) is 0 Å². The number of benzene rings is 1. The van der Waals surface area contributed by atoms with Crippen molar-refractivity contribution in [1.29, 1.82) is 0 Å². The molecule has 138 valence electrons. The van der Waals surface area contributed by atoms with Gasteiger partial charge in [-0.05, 0) is 6.07 Å². The number of hydrogen-bond acceptors (Lipinski definition) is 6. The lowest BCUT2D eigenvalue weighted by Gasteiger charge is -2.18. The van der Waals surface area contributed by atoms with Crippen LogP contribution in [0, 0.1) is 10.1 Å². The van der Waals surface area contributed by atoms with Crippen molar-refractivity contribution < 1.29 is 24.0 Å². The Bertz CT molecular complexity index is 706. The number of nitrogens with one attached hydrogen (secondary N) is 1. The first-order valence-corrected chi connectivity index (χ1v) is 7.57. The van der Waals surface area contributed by atoms with Gasteiger partial charge in [-0.15, -0.1) is 13.2 Å². The zero-order valence-corrected chi connectivity index (χ0v) is 14.1. The van der Waals surface area contributed by atoms with E-state index in [1.165, 1.54) is 35.3 Å². The highest BCUT2D eigenvalue weighted by Gasteiger charge is 2.15. The summed E-state index contributed by atoms with van der Waals surface area (Å²) in [5.41, 5.74) is -0.207. The van der Waals surface area contributed by atoms with Crippen molar-refractivity contribution in [3.63, 3.8) is 0 Å². The summed E-state index contributed by atoms with van der Waals surface area (Å²) in [5, 5.41) is 13.0. The Kier molecular flexibility index (Phi) is 8.21. The number of hydrogen-bond donors (Lipinski definition) is 1. The number of carbonyl (C=O) groups excluding carboxylic acids is 3. The molecule has 26 heavy (non-hydrogen) atoms. The van der Waals surface area contributed by atoms with Gasteiger partial charge in [0.25, 0.3) is 17.5 Å². The van der Waals surface area contributed by atoms with E-state index >= 15 is 0 Å². The average Bonchev–Trinajstić information content (AvgIpc) is 2.64. The molecule has 9 nitrogen and oxygen atoms in total. The van der Waals surface area contributed by atoms with E-state index in [0.29, 0.717) is 0 Å². The van der Waals surface area contributed by atoms with Crippen molar-refractivity contribution in [3.05, 3.63) is 65.3 Å². The fourth-order valence-corrected chi connectivity index (χ4v) is 1.89. The van der Waals surface area contributed by atoms with Crippen molar-refractivity contribution in [3.8, 4) is 0 Å². The Balaban J connectivity index is 2.48. The van der Waals surface area contributed by atoms with E-state index < -0.39 is 35.9 Å². The largest absolute Gasteiger partial charge is 0.454 e. The second-order valence-electron chi connectivity index (χ2n) is 5.03. The smallest absolute Gasteiger partial charge is 0.325 e. The normalized spacial score (nSPS) is 9.69. The Morgan fingerprint density at radius 1 is 1.23 bits per heavy atom. The molecule has 9 heteroatoms. The third kappa shape index (κ3) is 6.56. The topological polar surface area (TPSA) is 119 Å². The summed E-state index contributed by atoms with van der Waals surface area (Å²) in [5.74, 6) is -1.91. The first-order valence-electron chi connectivity index (χ1n) is 7.57. The monoisotopic (exact) mass is 361 g/mol. The van der Waals surface area contributed by atoms with Gasteiger partial charge in [0, 0.05) is 30.8 Å². The molecule has 1 rings (SSSR count). The molecule has 1 aromatic carbocycles. The van der Waals surface area contributed by atoms with Crippen LogP contribution in [0.3, 0.4) is 0 Å². The summed E-state index contributed by atoms with van der Waals surface area (Å²) in [6.45, 7) is 6.67. The van der Waals surface area contributed by atoms with Crippen molar-refractivity contribution in [2.24, 2.45) is 0 Å². The van der Waals surface area contributed by atoms with Gasteiger partial charge in [-0.25, -0.2) is 0 Å². The SMILES string of the molecule is C=CCN(CC=C)C(=O)COC(=O)CNC(=O)c1cccc([N+](=O)[O-])c1. The lowest BCUT2D eigenvalue weighted by Crippen LogP contribution is -2.37. The summed E-state index contributed by atoms with van der Waals surface area (Å²) in [4.78, 5) is 46.9. The lowest BCUT2D eigenvalue weighted by atomic mass is 10.2. The Morgan fingerprint density at radius 3 is 2.46 bits per heavy atom. The lowest BCUT2D eigenvalue weighted by molar-refractivity contribution is -0.384. The third-order valence-electron chi connectivity index (χ3n) is 3.12. The van der Waals surface area contributed by atoms with Gasteiger partial charge in [0.15, 0.2) is 6.61 Å². The molecule has 0 radical (unpaired) electrons. The summed E-state index contributed by atoms with van der Waals surface area (Å²) < 4.78 is 4.80. The number of ether oxygens (including phenoxy) is 1. The maximum absolute atomic E-state index is 11.9. The van der Waals surface area contributed by atoms with Crippen LogP contribution in [0.4, 0.5) is 5.69 Å². The van der Waals surface area contributed by atoms with Gasteiger partial charge in [0.2, 0.25) is 0 Å². The van der Waals surface area contributed by atoms with Crippen LogP contribution >= 0.6 is 0 Å². The van der Waals surface area contributed by atoms with E-state index in [1.807, 2.05) is 0 Å². The van der Waals surface area contributed by atoms with Gasteiger partial charge in [-0.3, -0.25) is 24.5 Å². The zero-order chi connectivity index (χ0) is 19.5. The molecule has 0 unspecified atom stereocenters. The number of rotatable bonds is 10. The van der Waals surface area contributed by atoms with E-state index in [4.69, 9.17) is 4.74 Å². The second kappa shape index (κ2) is 10.4. The number of esters is 1. The molecule has 0 saturated carbocycles. The molecule has 0 atom stereocenters. The Labute approximate surface area is 150 Å². The van der Waals surface area contributed by atoms with E-state index in [9.17, 15) is 24.5 Å². The van der Waals surface area contributed by atoms with Crippen LogP contribution in [0.1, 0.15) is 10.4 Å². The molecule has 0 aliphatic rings. The molecule has 0 saturated heterocycles. The number of amides is 2. The molecule has 0 bridgehead atoms. The Hall–Kier alpha value is -3.49. The van der Waals surface area contributed by atoms with Gasteiger partial charge in [-0.2, -0.15) is 0 Å². The molecular formula is C17H19N3O6. The highest BCUT2D eigenvalue weighted by Crippen LogP contribution is 2.12. The van der Waals surface area contributed by atoms with Crippen LogP contribution in [0.5, 0.6) is 0 Å². The zero-order valence-electron chi connectivity index (χ0n) is 14.1. The van der Waals surface area contributed by atoms with E-state index in [2.05, 4.69) is 18.5 Å². The molecule has 0 aliphatic carbocycles. The minimum absolute atomic E-state index is 0.0335. The van der Waals surface area contributed by atoms with Gasteiger partial charge >= 0.3 is 5.97 Å². The molecule has 2 amide bonds. The molecule has 0 spiro atoms. The third-order valence-corrected chi connectivity index (χ3v) is 3.12. The van der Waals surface area contributed by atoms with Crippen molar-refractivity contribution >= 4 is 23.5 Å². The maximum Gasteiger partial charge on any atom is 0.325 e. The summed E-state index contributed by atoms with van der Waals surface area (Å²) >= 11 is 0. The maximum atomic E-state index is 11.9. The molecule has 0 aliphatic heterocycles.